The molecule has 0 bridgehead atoms. The van der Waals surface area contributed by atoms with Crippen LogP contribution in [0.2, 0.25) is 0 Å². The average Bonchev–Trinajstić information content (AvgIpc) is 3.42. The van der Waals surface area contributed by atoms with Crippen molar-refractivity contribution in [1.82, 2.24) is 30.3 Å². The summed E-state index contributed by atoms with van der Waals surface area (Å²) in [6, 6.07) is 12.7. The van der Waals surface area contributed by atoms with Crippen molar-refractivity contribution in [3.05, 3.63) is 65.7 Å². The fourth-order valence-electron chi connectivity index (χ4n) is 3.02. The Morgan fingerprint density at radius 1 is 1.21 bits per heavy atom. The van der Waals surface area contributed by atoms with Gasteiger partial charge in [0.1, 0.15) is 29.0 Å². The van der Waals surface area contributed by atoms with Gasteiger partial charge >= 0.3 is 6.03 Å². The van der Waals surface area contributed by atoms with Crippen molar-refractivity contribution in [2.75, 3.05) is 17.6 Å². The van der Waals surface area contributed by atoms with E-state index >= 15 is 0 Å². The minimum atomic E-state index is -0.421. The zero-order valence-electron chi connectivity index (χ0n) is 17.2. The molecule has 0 radical (unpaired) electrons. The first-order valence-corrected chi connectivity index (χ1v) is 10.7. The van der Waals surface area contributed by atoms with Gasteiger partial charge in [0, 0.05) is 12.7 Å². The van der Waals surface area contributed by atoms with Gasteiger partial charge in [-0.2, -0.15) is 10.4 Å². The molecule has 4 aromatic rings. The van der Waals surface area contributed by atoms with Crippen molar-refractivity contribution in [3.8, 4) is 22.5 Å². The van der Waals surface area contributed by atoms with Crippen molar-refractivity contribution < 1.29 is 9.18 Å². The number of nitrogens with zero attached hydrogens (tertiary/aromatic N) is 6. The lowest BCUT2D eigenvalue weighted by Crippen LogP contribution is -2.29. The molecule has 166 valence electrons. The number of rotatable bonds is 7. The molecule has 1 aromatic carbocycles. The Morgan fingerprint density at radius 3 is 2.76 bits per heavy atom. The van der Waals surface area contributed by atoms with Gasteiger partial charge in [-0.3, -0.25) is 10.3 Å². The first-order chi connectivity index (χ1) is 16.0. The standard InChI is InChI=1S/C21H18FN9OS/c22-13-6-8-14(9-7-13)31-18(24)15(12-23)16(30-31)5-3-11-26-20(32)27-21-29-28-19(33-21)17-4-1-2-10-25-17/h1-2,4,6-10H,3,5,11,24H2,(H2,26,27,29,32). The van der Waals surface area contributed by atoms with Gasteiger partial charge < -0.3 is 11.1 Å². The number of hydrogen-bond donors (Lipinski definition) is 3. The van der Waals surface area contributed by atoms with E-state index in [9.17, 15) is 14.4 Å². The number of nitrogens with two attached hydrogens (primary N) is 1. The van der Waals surface area contributed by atoms with Crippen LogP contribution in [0.25, 0.3) is 16.4 Å². The molecule has 0 aliphatic rings. The summed E-state index contributed by atoms with van der Waals surface area (Å²) in [5, 5.41) is 28.1. The van der Waals surface area contributed by atoms with Crippen LogP contribution in [0.4, 0.5) is 20.1 Å². The van der Waals surface area contributed by atoms with E-state index in [2.05, 4.69) is 37.0 Å². The maximum absolute atomic E-state index is 13.2. The van der Waals surface area contributed by atoms with Crippen molar-refractivity contribution >= 4 is 28.3 Å². The quantitative estimate of drug-likeness (QED) is 0.357. The van der Waals surface area contributed by atoms with Gasteiger partial charge in [0.2, 0.25) is 5.13 Å². The summed E-state index contributed by atoms with van der Waals surface area (Å²) < 4.78 is 14.6. The fourth-order valence-corrected chi connectivity index (χ4v) is 3.74. The van der Waals surface area contributed by atoms with Crippen LogP contribution in [0.15, 0.2) is 48.7 Å². The van der Waals surface area contributed by atoms with Gasteiger partial charge in [-0.05, 0) is 49.2 Å². The van der Waals surface area contributed by atoms with E-state index in [1.165, 1.54) is 40.3 Å². The summed E-state index contributed by atoms with van der Waals surface area (Å²) in [6.07, 6.45) is 2.60. The molecule has 0 aliphatic heterocycles. The molecule has 0 unspecified atom stereocenters. The monoisotopic (exact) mass is 463 g/mol. The number of halogens is 1. The van der Waals surface area contributed by atoms with E-state index < -0.39 is 6.03 Å². The molecule has 2 amide bonds. The summed E-state index contributed by atoms with van der Waals surface area (Å²) in [6.45, 7) is 0.339. The second kappa shape index (κ2) is 9.84. The van der Waals surface area contributed by atoms with Crippen LogP contribution in [0.5, 0.6) is 0 Å². The summed E-state index contributed by atoms with van der Waals surface area (Å²) in [5.74, 6) is -0.194. The van der Waals surface area contributed by atoms with Gasteiger partial charge in [0.25, 0.3) is 0 Å². The number of carbonyl (C=O) groups is 1. The number of anilines is 2. The normalized spacial score (nSPS) is 10.5. The van der Waals surface area contributed by atoms with Crippen LogP contribution < -0.4 is 16.4 Å². The number of hydrogen-bond acceptors (Lipinski definition) is 8. The molecule has 4 N–H and O–H groups in total. The Morgan fingerprint density at radius 2 is 2.03 bits per heavy atom. The molecule has 10 nitrogen and oxygen atoms in total. The third kappa shape index (κ3) is 5.10. The topological polar surface area (TPSA) is 147 Å². The molecule has 0 atom stereocenters. The molecule has 0 saturated heterocycles. The number of carbonyl (C=O) groups excluding carboxylic acids is 1. The molecule has 3 aromatic heterocycles. The number of amides is 2. The molecule has 3 heterocycles. The van der Waals surface area contributed by atoms with Crippen LogP contribution in [0, 0.1) is 17.1 Å². The molecule has 0 fully saturated rings. The SMILES string of the molecule is N#Cc1c(CCCNC(=O)Nc2nnc(-c3ccccn3)s2)nn(-c2ccc(F)cc2)c1N. The van der Waals surface area contributed by atoms with Gasteiger partial charge in [-0.15, -0.1) is 10.2 Å². The number of nitrogens with one attached hydrogen (secondary N) is 2. The van der Waals surface area contributed by atoms with Crippen LogP contribution in [0.1, 0.15) is 17.7 Å². The number of nitriles is 1. The minimum Gasteiger partial charge on any atom is -0.382 e. The maximum atomic E-state index is 13.2. The Balaban J connectivity index is 1.30. The number of aryl methyl sites for hydroxylation is 1. The van der Waals surface area contributed by atoms with E-state index in [1.807, 2.05) is 12.1 Å². The van der Waals surface area contributed by atoms with Crippen LogP contribution in [-0.2, 0) is 6.42 Å². The first-order valence-electron chi connectivity index (χ1n) is 9.88. The third-order valence-electron chi connectivity index (χ3n) is 4.58. The lowest BCUT2D eigenvalue weighted by molar-refractivity contribution is 0.252. The molecule has 4 rings (SSSR count). The molecule has 33 heavy (non-hydrogen) atoms. The Kier molecular flexibility index (Phi) is 6.51. The predicted octanol–water partition coefficient (Wildman–Crippen LogP) is 3.13. The van der Waals surface area contributed by atoms with Gasteiger partial charge in [0.15, 0.2) is 5.01 Å². The Bertz CT molecular complexity index is 1300. The van der Waals surface area contributed by atoms with Crippen molar-refractivity contribution in [2.24, 2.45) is 0 Å². The van der Waals surface area contributed by atoms with E-state index in [0.29, 0.717) is 46.6 Å². The zero-order valence-corrected chi connectivity index (χ0v) is 18.0. The second-order valence-corrected chi connectivity index (χ2v) is 7.80. The summed E-state index contributed by atoms with van der Waals surface area (Å²) in [4.78, 5) is 16.3. The van der Waals surface area contributed by atoms with E-state index in [1.54, 1.807) is 12.3 Å². The number of aromatic nitrogens is 5. The highest BCUT2D eigenvalue weighted by atomic mass is 32.1. The maximum Gasteiger partial charge on any atom is 0.321 e. The molecular formula is C21H18FN9OS. The van der Waals surface area contributed by atoms with E-state index in [4.69, 9.17) is 5.73 Å². The zero-order chi connectivity index (χ0) is 23.2. The van der Waals surface area contributed by atoms with Gasteiger partial charge in [-0.25, -0.2) is 13.9 Å². The van der Waals surface area contributed by atoms with Crippen LogP contribution in [-0.4, -0.2) is 37.5 Å². The van der Waals surface area contributed by atoms with Crippen molar-refractivity contribution in [1.29, 1.82) is 5.26 Å². The molecular weight excluding hydrogens is 445 g/mol. The Labute approximate surface area is 191 Å². The van der Waals surface area contributed by atoms with Crippen LogP contribution in [0.3, 0.4) is 0 Å². The first kappa shape index (κ1) is 21.8. The number of nitrogen functional groups attached to an aromatic ring is 1. The fraction of sp³-hybridized carbons (Fsp3) is 0.143. The van der Waals surface area contributed by atoms with Gasteiger partial charge in [-0.1, -0.05) is 17.4 Å². The summed E-state index contributed by atoms with van der Waals surface area (Å²) in [7, 11) is 0. The predicted molar refractivity (Wildman–Crippen MR) is 121 cm³/mol. The van der Waals surface area contributed by atoms with Crippen molar-refractivity contribution in [3.63, 3.8) is 0 Å². The van der Waals surface area contributed by atoms with E-state index in [0.717, 1.165) is 0 Å². The van der Waals surface area contributed by atoms with Gasteiger partial charge in [0.05, 0.1) is 11.4 Å². The molecule has 0 aliphatic carbocycles. The molecule has 0 spiro atoms. The van der Waals surface area contributed by atoms with E-state index in [-0.39, 0.29) is 17.2 Å². The lowest BCUT2D eigenvalue weighted by Gasteiger charge is -2.04. The average molecular weight is 464 g/mol. The molecule has 12 heteroatoms. The number of benzene rings is 1. The minimum absolute atomic E-state index is 0.185. The third-order valence-corrected chi connectivity index (χ3v) is 5.44. The highest BCUT2D eigenvalue weighted by Gasteiger charge is 2.16. The second-order valence-electron chi connectivity index (χ2n) is 6.82. The highest BCUT2D eigenvalue weighted by Crippen LogP contribution is 2.24. The van der Waals surface area contributed by atoms with Crippen LogP contribution >= 0.6 is 11.3 Å². The lowest BCUT2D eigenvalue weighted by atomic mass is 10.1. The number of urea groups is 1. The largest absolute Gasteiger partial charge is 0.382 e. The Hall–Kier alpha value is -4.37. The van der Waals surface area contributed by atoms with Crippen molar-refractivity contribution in [2.45, 2.75) is 12.8 Å². The summed E-state index contributed by atoms with van der Waals surface area (Å²) >= 11 is 1.22. The molecule has 0 saturated carbocycles. The smallest absolute Gasteiger partial charge is 0.321 e. The highest BCUT2D eigenvalue weighted by molar-refractivity contribution is 7.18. The number of pyridine rings is 1. The summed E-state index contributed by atoms with van der Waals surface area (Å²) in [5.41, 5.74) is 8.05.